The van der Waals surface area contributed by atoms with Gasteiger partial charge in [-0.2, -0.15) is 0 Å². The number of hydrazine groups is 1. The molecule has 3 N–H and O–H groups in total. The Balaban J connectivity index is 1.41. The van der Waals surface area contributed by atoms with Gasteiger partial charge in [-0.05, 0) is 65.9 Å². The van der Waals surface area contributed by atoms with Gasteiger partial charge in [0.05, 0.1) is 6.42 Å². The molecule has 1 amide bonds. The van der Waals surface area contributed by atoms with E-state index in [1.807, 2.05) is 6.07 Å². The van der Waals surface area contributed by atoms with Crippen LogP contribution < -0.4 is 16.2 Å². The number of rotatable bonds is 4. The molecule has 0 radical (unpaired) electrons. The van der Waals surface area contributed by atoms with Gasteiger partial charge in [-0.1, -0.05) is 30.3 Å². The molecule has 2 aromatic rings. The number of halogens is 1. The maximum atomic E-state index is 12.8. The van der Waals surface area contributed by atoms with Crippen LogP contribution in [0.3, 0.4) is 0 Å². The van der Waals surface area contributed by atoms with Crippen molar-refractivity contribution in [2.45, 2.75) is 32.2 Å². The van der Waals surface area contributed by atoms with Crippen molar-refractivity contribution in [1.29, 1.82) is 0 Å². The molecular formula is C19H20FN3OS. The molecule has 0 aliphatic heterocycles. The molecule has 4 nitrogen and oxygen atoms in total. The number of hydrogen-bond donors (Lipinski definition) is 3. The number of benzene rings is 2. The van der Waals surface area contributed by atoms with Crippen molar-refractivity contribution < 1.29 is 9.18 Å². The third kappa shape index (κ3) is 5.00. The van der Waals surface area contributed by atoms with Crippen molar-refractivity contribution in [1.82, 2.24) is 16.2 Å². The second kappa shape index (κ2) is 8.07. The summed E-state index contributed by atoms with van der Waals surface area (Å²) in [7, 11) is 0. The van der Waals surface area contributed by atoms with E-state index in [1.165, 1.54) is 29.7 Å². The van der Waals surface area contributed by atoms with Gasteiger partial charge in [0.25, 0.3) is 0 Å². The van der Waals surface area contributed by atoms with Gasteiger partial charge in [0.1, 0.15) is 5.82 Å². The van der Waals surface area contributed by atoms with E-state index in [2.05, 4.69) is 28.3 Å². The van der Waals surface area contributed by atoms with E-state index in [-0.39, 0.29) is 11.7 Å². The van der Waals surface area contributed by atoms with E-state index >= 15 is 0 Å². The minimum atomic E-state index is -0.275. The van der Waals surface area contributed by atoms with Gasteiger partial charge >= 0.3 is 0 Å². The maximum absolute atomic E-state index is 12.8. The average molecular weight is 357 g/mol. The number of aryl methyl sites for hydroxylation is 2. The molecule has 0 atom stereocenters. The number of carbonyl (C=O) groups is 1. The third-order valence-electron chi connectivity index (χ3n) is 4.21. The number of carbonyl (C=O) groups excluding carboxylic acids is 1. The molecule has 130 valence electrons. The van der Waals surface area contributed by atoms with Crippen molar-refractivity contribution in [2.24, 2.45) is 0 Å². The van der Waals surface area contributed by atoms with E-state index in [9.17, 15) is 9.18 Å². The van der Waals surface area contributed by atoms with Gasteiger partial charge in [-0.15, -0.1) is 0 Å². The largest absolute Gasteiger partial charge is 0.357 e. The Kier molecular flexibility index (Phi) is 5.60. The molecule has 0 spiro atoms. The van der Waals surface area contributed by atoms with Gasteiger partial charge in [0, 0.05) is 6.54 Å². The molecule has 0 saturated heterocycles. The van der Waals surface area contributed by atoms with E-state index in [0.717, 1.165) is 24.0 Å². The van der Waals surface area contributed by atoms with Crippen molar-refractivity contribution in [3.63, 3.8) is 0 Å². The summed E-state index contributed by atoms with van der Waals surface area (Å²) >= 11 is 5.12. The molecule has 25 heavy (non-hydrogen) atoms. The average Bonchev–Trinajstić information content (AvgIpc) is 3.07. The SMILES string of the molecule is O=C(Cc1ccc2c(c1)CCC2)NNC(=S)NCc1ccc(F)cc1. The molecular weight excluding hydrogens is 337 g/mol. The lowest BCUT2D eigenvalue weighted by atomic mass is 10.0. The first-order chi connectivity index (χ1) is 12.1. The maximum Gasteiger partial charge on any atom is 0.242 e. The first-order valence-corrected chi connectivity index (χ1v) is 8.69. The highest BCUT2D eigenvalue weighted by atomic mass is 32.1. The van der Waals surface area contributed by atoms with E-state index in [1.54, 1.807) is 12.1 Å². The Hall–Kier alpha value is -2.47. The van der Waals surface area contributed by atoms with Crippen LogP contribution in [-0.4, -0.2) is 11.0 Å². The van der Waals surface area contributed by atoms with Crippen molar-refractivity contribution in [3.05, 3.63) is 70.5 Å². The van der Waals surface area contributed by atoms with Crippen LogP contribution in [0, 0.1) is 5.82 Å². The van der Waals surface area contributed by atoms with Crippen LogP contribution in [0.1, 0.15) is 28.7 Å². The summed E-state index contributed by atoms with van der Waals surface area (Å²) in [5, 5.41) is 3.27. The molecule has 0 bridgehead atoms. The van der Waals surface area contributed by atoms with Crippen molar-refractivity contribution in [3.8, 4) is 0 Å². The zero-order valence-electron chi connectivity index (χ0n) is 13.8. The number of nitrogens with one attached hydrogen (secondary N) is 3. The highest BCUT2D eigenvalue weighted by molar-refractivity contribution is 7.80. The van der Waals surface area contributed by atoms with Crippen LogP contribution >= 0.6 is 12.2 Å². The fraction of sp³-hybridized carbons (Fsp3) is 0.263. The van der Waals surface area contributed by atoms with Gasteiger partial charge in [-0.3, -0.25) is 15.6 Å². The minimum absolute atomic E-state index is 0.149. The summed E-state index contributed by atoms with van der Waals surface area (Å²) in [6, 6.07) is 12.4. The summed E-state index contributed by atoms with van der Waals surface area (Å²) in [4.78, 5) is 12.0. The monoisotopic (exact) mass is 357 g/mol. The highest BCUT2D eigenvalue weighted by Crippen LogP contribution is 2.22. The number of amides is 1. The minimum Gasteiger partial charge on any atom is -0.357 e. The number of hydrogen-bond acceptors (Lipinski definition) is 2. The van der Waals surface area contributed by atoms with E-state index < -0.39 is 0 Å². The normalized spacial score (nSPS) is 12.4. The lowest BCUT2D eigenvalue weighted by Gasteiger charge is -2.12. The standard InChI is InChI=1S/C19H20FN3OS/c20-17-8-5-13(6-9-17)12-21-19(25)23-22-18(24)11-14-4-7-15-2-1-3-16(15)10-14/h4-10H,1-3,11-12H2,(H,22,24)(H2,21,23,25). The van der Waals surface area contributed by atoms with Crippen LogP contribution in [0.2, 0.25) is 0 Å². The van der Waals surface area contributed by atoms with Crippen LogP contribution in [0.25, 0.3) is 0 Å². The lowest BCUT2D eigenvalue weighted by Crippen LogP contribution is -2.47. The summed E-state index contributed by atoms with van der Waals surface area (Å²) < 4.78 is 12.8. The Morgan fingerprint density at radius 1 is 1.00 bits per heavy atom. The lowest BCUT2D eigenvalue weighted by molar-refractivity contribution is -0.121. The molecule has 0 saturated carbocycles. The second-order valence-electron chi connectivity index (χ2n) is 6.12. The van der Waals surface area contributed by atoms with Crippen molar-refractivity contribution in [2.75, 3.05) is 0 Å². The van der Waals surface area contributed by atoms with Crippen molar-refractivity contribution >= 4 is 23.2 Å². The molecule has 0 unspecified atom stereocenters. The Labute approximate surface area is 151 Å². The highest BCUT2D eigenvalue weighted by Gasteiger charge is 2.12. The Morgan fingerprint density at radius 3 is 2.52 bits per heavy atom. The Morgan fingerprint density at radius 2 is 1.72 bits per heavy atom. The Bertz CT molecular complexity index is 777. The molecule has 1 aliphatic rings. The summed E-state index contributed by atoms with van der Waals surface area (Å²) in [5.41, 5.74) is 9.93. The smallest absolute Gasteiger partial charge is 0.242 e. The first kappa shape index (κ1) is 17.4. The quantitative estimate of drug-likeness (QED) is 0.581. The van der Waals surface area contributed by atoms with E-state index in [4.69, 9.17) is 12.2 Å². The fourth-order valence-corrected chi connectivity index (χ4v) is 3.04. The van der Waals surface area contributed by atoms with Gasteiger partial charge in [-0.25, -0.2) is 4.39 Å². The molecule has 0 heterocycles. The van der Waals surface area contributed by atoms with Crippen LogP contribution in [0.5, 0.6) is 0 Å². The third-order valence-corrected chi connectivity index (χ3v) is 4.46. The van der Waals surface area contributed by atoms with E-state index in [0.29, 0.717) is 18.1 Å². The predicted octanol–water partition coefficient (Wildman–Crippen LogP) is 2.55. The van der Waals surface area contributed by atoms with Crippen LogP contribution in [0.4, 0.5) is 4.39 Å². The first-order valence-electron chi connectivity index (χ1n) is 8.28. The van der Waals surface area contributed by atoms with Crippen LogP contribution in [0.15, 0.2) is 42.5 Å². The van der Waals surface area contributed by atoms with Gasteiger partial charge in [0.2, 0.25) is 5.91 Å². The summed E-state index contributed by atoms with van der Waals surface area (Å²) in [6.07, 6.45) is 3.74. The second-order valence-corrected chi connectivity index (χ2v) is 6.52. The molecule has 6 heteroatoms. The predicted molar refractivity (Wildman–Crippen MR) is 99.3 cm³/mol. The van der Waals surface area contributed by atoms with Gasteiger partial charge < -0.3 is 5.32 Å². The number of thiocarbonyl (C=S) groups is 1. The molecule has 0 aromatic heterocycles. The summed E-state index contributed by atoms with van der Waals surface area (Å²) in [6.45, 7) is 0.451. The fourth-order valence-electron chi connectivity index (χ4n) is 2.92. The zero-order chi connectivity index (χ0) is 17.6. The molecule has 1 aliphatic carbocycles. The summed E-state index contributed by atoms with van der Waals surface area (Å²) in [5.74, 6) is -0.424. The molecule has 3 rings (SSSR count). The number of fused-ring (bicyclic) bond motifs is 1. The van der Waals surface area contributed by atoms with Gasteiger partial charge in [0.15, 0.2) is 5.11 Å². The zero-order valence-corrected chi connectivity index (χ0v) is 14.6. The molecule has 0 fully saturated rings. The molecule has 2 aromatic carbocycles. The van der Waals surface area contributed by atoms with Crippen LogP contribution in [-0.2, 0) is 30.6 Å². The topological polar surface area (TPSA) is 53.2 Å².